The van der Waals surface area contributed by atoms with Gasteiger partial charge in [-0.1, -0.05) is 42.2 Å². The van der Waals surface area contributed by atoms with Crippen molar-refractivity contribution in [2.24, 2.45) is 0 Å². The molecule has 0 bridgehead atoms. The summed E-state index contributed by atoms with van der Waals surface area (Å²) in [4.78, 5) is 13.9. The summed E-state index contributed by atoms with van der Waals surface area (Å²) >= 11 is 6.70. The summed E-state index contributed by atoms with van der Waals surface area (Å²) in [7, 11) is 1.62. The molecule has 1 amide bonds. The van der Waals surface area contributed by atoms with E-state index >= 15 is 0 Å². The summed E-state index contributed by atoms with van der Waals surface area (Å²) < 4.78 is 6.02. The van der Waals surface area contributed by atoms with Crippen LogP contribution in [0.2, 0.25) is 0 Å². The summed E-state index contributed by atoms with van der Waals surface area (Å²) in [6, 6.07) is 7.65. The van der Waals surface area contributed by atoms with Gasteiger partial charge in [-0.05, 0) is 19.9 Å². The molecular formula is C15H22N2O2S2. The second-order valence-electron chi connectivity index (χ2n) is 4.32. The van der Waals surface area contributed by atoms with E-state index in [-0.39, 0.29) is 5.91 Å². The number of carbonyl (C=O) groups is 1. The monoisotopic (exact) mass is 326 g/mol. The Bertz CT molecular complexity index is 476. The third-order valence-electron chi connectivity index (χ3n) is 3.02. The fourth-order valence-electron chi connectivity index (χ4n) is 1.79. The lowest BCUT2D eigenvalue weighted by Crippen LogP contribution is -2.30. The zero-order chi connectivity index (χ0) is 15.7. The van der Waals surface area contributed by atoms with Crippen molar-refractivity contribution in [2.75, 3.05) is 26.0 Å². The Morgan fingerprint density at radius 3 is 2.62 bits per heavy atom. The fourth-order valence-corrected chi connectivity index (χ4v) is 3.03. The summed E-state index contributed by atoms with van der Waals surface area (Å²) in [5.74, 6) is 1.09. The Balaban J connectivity index is 2.39. The Morgan fingerprint density at radius 2 is 2.00 bits per heavy atom. The summed E-state index contributed by atoms with van der Waals surface area (Å²) in [6.07, 6.45) is 0. The summed E-state index contributed by atoms with van der Waals surface area (Å²) in [5, 5.41) is 2.89. The molecule has 0 aliphatic rings. The molecule has 0 heterocycles. The number of ether oxygens (including phenoxy) is 1. The van der Waals surface area contributed by atoms with Crippen molar-refractivity contribution in [3.8, 4) is 5.75 Å². The maximum absolute atomic E-state index is 11.9. The zero-order valence-corrected chi connectivity index (χ0v) is 14.4. The topological polar surface area (TPSA) is 41.6 Å². The molecule has 1 aromatic carbocycles. The molecule has 1 aromatic rings. The Labute approximate surface area is 136 Å². The first kappa shape index (κ1) is 17.8. The highest BCUT2D eigenvalue weighted by molar-refractivity contribution is 8.23. The molecule has 0 atom stereocenters. The van der Waals surface area contributed by atoms with E-state index in [2.05, 4.69) is 24.1 Å². The predicted octanol–water partition coefficient (Wildman–Crippen LogP) is 2.67. The van der Waals surface area contributed by atoms with Crippen molar-refractivity contribution in [2.45, 2.75) is 20.4 Å². The van der Waals surface area contributed by atoms with Crippen molar-refractivity contribution < 1.29 is 9.53 Å². The molecule has 1 N–H and O–H groups in total. The first-order valence-corrected chi connectivity index (χ1v) is 8.32. The van der Waals surface area contributed by atoms with Crippen molar-refractivity contribution in [1.29, 1.82) is 0 Å². The molecule has 0 spiro atoms. The van der Waals surface area contributed by atoms with Crippen LogP contribution in [0.5, 0.6) is 5.75 Å². The van der Waals surface area contributed by atoms with Crippen molar-refractivity contribution in [3.63, 3.8) is 0 Å². The number of hydrogen-bond acceptors (Lipinski definition) is 4. The standard InChI is InChI=1S/C15H22N2O2S2/c1-4-17(5-2)15(20)21-11-14(18)16-10-12-8-6-7-9-13(12)19-3/h6-9H,4-5,10-11H2,1-3H3,(H,16,18). The summed E-state index contributed by atoms with van der Waals surface area (Å²) in [6.45, 7) is 6.30. The molecule has 116 valence electrons. The van der Waals surface area contributed by atoms with E-state index in [1.807, 2.05) is 24.3 Å². The number of rotatable bonds is 7. The molecule has 21 heavy (non-hydrogen) atoms. The lowest BCUT2D eigenvalue weighted by molar-refractivity contribution is -0.118. The van der Waals surface area contributed by atoms with E-state index in [1.54, 1.807) is 7.11 Å². The van der Waals surface area contributed by atoms with Crippen molar-refractivity contribution in [3.05, 3.63) is 29.8 Å². The fraction of sp³-hybridized carbons (Fsp3) is 0.467. The molecule has 0 fully saturated rings. The van der Waals surface area contributed by atoms with Gasteiger partial charge in [-0.25, -0.2) is 0 Å². The first-order chi connectivity index (χ1) is 10.1. The molecule has 0 aromatic heterocycles. The Hall–Kier alpha value is -1.27. The molecule has 6 heteroatoms. The number of methoxy groups -OCH3 is 1. The smallest absolute Gasteiger partial charge is 0.230 e. The molecule has 0 aliphatic heterocycles. The van der Waals surface area contributed by atoms with Gasteiger partial charge in [-0.2, -0.15) is 0 Å². The van der Waals surface area contributed by atoms with Gasteiger partial charge in [0, 0.05) is 25.2 Å². The van der Waals surface area contributed by atoms with Crippen LogP contribution in [0.4, 0.5) is 0 Å². The average Bonchev–Trinajstić information content (AvgIpc) is 2.52. The molecule has 1 rings (SSSR count). The molecule has 0 unspecified atom stereocenters. The number of para-hydroxylation sites is 1. The van der Waals surface area contributed by atoms with E-state index < -0.39 is 0 Å². The van der Waals surface area contributed by atoms with E-state index in [4.69, 9.17) is 17.0 Å². The van der Waals surface area contributed by atoms with Gasteiger partial charge in [0.1, 0.15) is 10.1 Å². The number of thioether (sulfide) groups is 1. The highest BCUT2D eigenvalue weighted by atomic mass is 32.2. The molecule has 0 aliphatic carbocycles. The van der Waals surface area contributed by atoms with Crippen LogP contribution < -0.4 is 10.1 Å². The molecule has 0 saturated heterocycles. The van der Waals surface area contributed by atoms with Gasteiger partial charge >= 0.3 is 0 Å². The van der Waals surface area contributed by atoms with Gasteiger partial charge < -0.3 is 15.0 Å². The van der Waals surface area contributed by atoms with Crippen LogP contribution >= 0.6 is 24.0 Å². The third kappa shape index (κ3) is 5.93. The average molecular weight is 326 g/mol. The van der Waals surface area contributed by atoms with Crippen LogP contribution in [-0.2, 0) is 11.3 Å². The van der Waals surface area contributed by atoms with Crippen LogP contribution in [0.15, 0.2) is 24.3 Å². The van der Waals surface area contributed by atoms with Crippen LogP contribution in [0.1, 0.15) is 19.4 Å². The van der Waals surface area contributed by atoms with Crippen molar-refractivity contribution in [1.82, 2.24) is 10.2 Å². The maximum atomic E-state index is 11.9. The number of nitrogens with zero attached hydrogens (tertiary/aromatic N) is 1. The quantitative estimate of drug-likeness (QED) is 0.780. The van der Waals surface area contributed by atoms with Crippen LogP contribution in [0, 0.1) is 0 Å². The normalized spacial score (nSPS) is 10.0. The van der Waals surface area contributed by atoms with Gasteiger partial charge in [0.15, 0.2) is 0 Å². The number of thiocarbonyl (C=S) groups is 1. The second kappa shape index (κ2) is 9.63. The highest BCUT2D eigenvalue weighted by Gasteiger charge is 2.10. The second-order valence-corrected chi connectivity index (χ2v) is 5.92. The van der Waals surface area contributed by atoms with Gasteiger partial charge in [-0.15, -0.1) is 0 Å². The lowest BCUT2D eigenvalue weighted by Gasteiger charge is -2.20. The first-order valence-electron chi connectivity index (χ1n) is 6.92. The maximum Gasteiger partial charge on any atom is 0.230 e. The molecule has 4 nitrogen and oxygen atoms in total. The molecular weight excluding hydrogens is 304 g/mol. The zero-order valence-electron chi connectivity index (χ0n) is 12.7. The minimum absolute atomic E-state index is 0.0274. The predicted molar refractivity (Wildman–Crippen MR) is 92.8 cm³/mol. The minimum atomic E-state index is -0.0274. The number of carbonyl (C=O) groups excluding carboxylic acids is 1. The summed E-state index contributed by atoms with van der Waals surface area (Å²) in [5.41, 5.74) is 0.963. The van der Waals surface area contributed by atoms with Gasteiger partial charge in [0.05, 0.1) is 12.9 Å². The van der Waals surface area contributed by atoms with Crippen LogP contribution in [0.25, 0.3) is 0 Å². The van der Waals surface area contributed by atoms with Crippen molar-refractivity contribution >= 4 is 34.2 Å². The molecule has 0 saturated carbocycles. The third-order valence-corrected chi connectivity index (χ3v) is 4.54. The van der Waals surface area contributed by atoms with Crippen LogP contribution in [0.3, 0.4) is 0 Å². The Morgan fingerprint density at radius 1 is 1.33 bits per heavy atom. The van der Waals surface area contributed by atoms with Gasteiger partial charge in [0.25, 0.3) is 0 Å². The number of amides is 1. The molecule has 0 radical (unpaired) electrons. The largest absolute Gasteiger partial charge is 0.496 e. The number of hydrogen-bond donors (Lipinski definition) is 1. The van der Waals surface area contributed by atoms with E-state index in [0.717, 1.165) is 28.7 Å². The number of nitrogens with one attached hydrogen (secondary N) is 1. The number of benzene rings is 1. The van der Waals surface area contributed by atoms with E-state index in [9.17, 15) is 4.79 Å². The van der Waals surface area contributed by atoms with Gasteiger partial charge in [-0.3, -0.25) is 4.79 Å². The Kier molecular flexibility index (Phi) is 8.15. The van der Waals surface area contributed by atoms with Crippen LogP contribution in [-0.4, -0.2) is 41.1 Å². The lowest BCUT2D eigenvalue weighted by atomic mass is 10.2. The van der Waals surface area contributed by atoms with Gasteiger partial charge in [0.2, 0.25) is 5.91 Å². The SMILES string of the molecule is CCN(CC)C(=S)SCC(=O)NCc1ccccc1OC. The van der Waals surface area contributed by atoms with E-state index in [0.29, 0.717) is 12.3 Å². The van der Waals surface area contributed by atoms with E-state index in [1.165, 1.54) is 11.8 Å². The minimum Gasteiger partial charge on any atom is -0.496 e. The highest BCUT2D eigenvalue weighted by Crippen LogP contribution is 2.16.